The van der Waals surface area contributed by atoms with Crippen molar-refractivity contribution < 1.29 is 24.5 Å². The van der Waals surface area contributed by atoms with Crippen molar-refractivity contribution in [3.8, 4) is 5.75 Å². The molecule has 1 aromatic rings. The predicted molar refractivity (Wildman–Crippen MR) is 55.8 cm³/mol. The number of carbonyl (C=O) groups excluding carboxylic acids is 1. The van der Waals surface area contributed by atoms with E-state index in [-0.39, 0.29) is 23.5 Å². The van der Waals surface area contributed by atoms with Crippen LogP contribution >= 0.6 is 0 Å². The Morgan fingerprint density at radius 2 is 1.94 bits per heavy atom. The number of aromatic hydroxyl groups is 1. The normalized spacial score (nSPS) is 9.88. The van der Waals surface area contributed by atoms with Gasteiger partial charge in [-0.05, 0) is 31.5 Å². The Morgan fingerprint density at radius 1 is 1.31 bits per heavy atom. The average Bonchev–Trinajstić information content (AvgIpc) is 2.17. The van der Waals surface area contributed by atoms with Gasteiger partial charge in [0, 0.05) is 0 Å². The molecular formula is C11H12O5. The lowest BCUT2D eigenvalue weighted by molar-refractivity contribution is 0.0525. The van der Waals surface area contributed by atoms with Crippen LogP contribution in [-0.2, 0) is 4.74 Å². The molecule has 0 spiro atoms. The molecule has 0 fully saturated rings. The Morgan fingerprint density at radius 3 is 2.44 bits per heavy atom. The molecule has 0 radical (unpaired) electrons. The van der Waals surface area contributed by atoms with Crippen molar-refractivity contribution in [3.05, 3.63) is 28.8 Å². The summed E-state index contributed by atoms with van der Waals surface area (Å²) in [5, 5.41) is 18.1. The van der Waals surface area contributed by atoms with E-state index >= 15 is 0 Å². The van der Waals surface area contributed by atoms with Gasteiger partial charge < -0.3 is 14.9 Å². The topological polar surface area (TPSA) is 83.8 Å². The fourth-order valence-corrected chi connectivity index (χ4v) is 1.29. The number of aryl methyl sites for hydroxylation is 1. The molecule has 0 aromatic heterocycles. The fourth-order valence-electron chi connectivity index (χ4n) is 1.29. The van der Waals surface area contributed by atoms with Gasteiger partial charge in [-0.15, -0.1) is 0 Å². The van der Waals surface area contributed by atoms with Crippen LogP contribution in [0.3, 0.4) is 0 Å². The van der Waals surface area contributed by atoms with Gasteiger partial charge in [0.2, 0.25) is 0 Å². The van der Waals surface area contributed by atoms with E-state index in [1.54, 1.807) is 13.8 Å². The third kappa shape index (κ3) is 2.31. The van der Waals surface area contributed by atoms with Crippen LogP contribution in [0.1, 0.15) is 33.2 Å². The number of esters is 1. The molecule has 0 aliphatic carbocycles. The Hall–Kier alpha value is -2.04. The molecule has 86 valence electrons. The molecule has 0 saturated heterocycles. The van der Waals surface area contributed by atoms with Gasteiger partial charge in [-0.25, -0.2) is 9.59 Å². The van der Waals surface area contributed by atoms with Gasteiger partial charge in [0.25, 0.3) is 0 Å². The van der Waals surface area contributed by atoms with Crippen LogP contribution in [0, 0.1) is 6.92 Å². The zero-order chi connectivity index (χ0) is 12.3. The summed E-state index contributed by atoms with van der Waals surface area (Å²) < 4.78 is 4.77. The first kappa shape index (κ1) is 12.0. The van der Waals surface area contributed by atoms with Crippen LogP contribution in [0.5, 0.6) is 5.75 Å². The zero-order valence-electron chi connectivity index (χ0n) is 8.98. The number of phenols is 1. The lowest BCUT2D eigenvalue weighted by Crippen LogP contribution is -2.09. The Balaban J connectivity index is 3.24. The van der Waals surface area contributed by atoms with Crippen LogP contribution in [0.2, 0.25) is 0 Å². The summed E-state index contributed by atoms with van der Waals surface area (Å²) in [6.07, 6.45) is 0. The summed E-state index contributed by atoms with van der Waals surface area (Å²) in [5.41, 5.74) is 0.312. The Labute approximate surface area is 92.3 Å². The summed E-state index contributed by atoms with van der Waals surface area (Å²) in [7, 11) is 0. The van der Waals surface area contributed by atoms with Gasteiger partial charge in [0.15, 0.2) is 0 Å². The van der Waals surface area contributed by atoms with Crippen LogP contribution < -0.4 is 0 Å². The summed E-state index contributed by atoms with van der Waals surface area (Å²) in [4.78, 5) is 22.2. The first-order chi connectivity index (χ1) is 7.47. The molecule has 1 aromatic carbocycles. The van der Waals surface area contributed by atoms with E-state index in [9.17, 15) is 14.7 Å². The molecule has 0 aliphatic rings. The highest BCUT2D eigenvalue weighted by atomic mass is 16.5. The molecule has 0 amide bonds. The number of carboxylic acid groups (broad SMARTS) is 1. The molecule has 2 N–H and O–H groups in total. The molecule has 5 heteroatoms. The molecule has 0 unspecified atom stereocenters. The van der Waals surface area contributed by atoms with E-state index in [1.807, 2.05) is 0 Å². The number of aromatic carboxylic acids is 1. The van der Waals surface area contributed by atoms with Crippen molar-refractivity contribution in [3.63, 3.8) is 0 Å². The summed E-state index contributed by atoms with van der Waals surface area (Å²) in [6.45, 7) is 3.46. The van der Waals surface area contributed by atoms with E-state index in [0.717, 1.165) is 6.07 Å². The van der Waals surface area contributed by atoms with E-state index in [4.69, 9.17) is 9.84 Å². The van der Waals surface area contributed by atoms with Gasteiger partial charge in [0.1, 0.15) is 11.3 Å². The van der Waals surface area contributed by atoms with Crippen molar-refractivity contribution >= 4 is 11.9 Å². The van der Waals surface area contributed by atoms with Gasteiger partial charge in [-0.1, -0.05) is 0 Å². The van der Waals surface area contributed by atoms with Gasteiger partial charge >= 0.3 is 11.9 Å². The third-order valence-corrected chi connectivity index (χ3v) is 2.07. The van der Waals surface area contributed by atoms with Crippen molar-refractivity contribution in [2.75, 3.05) is 6.61 Å². The molecule has 1 rings (SSSR count). The minimum absolute atomic E-state index is 0.150. The molecule has 16 heavy (non-hydrogen) atoms. The maximum Gasteiger partial charge on any atom is 0.339 e. The van der Waals surface area contributed by atoms with Crippen LogP contribution in [0.25, 0.3) is 0 Å². The van der Waals surface area contributed by atoms with E-state index in [2.05, 4.69) is 0 Å². The highest BCUT2D eigenvalue weighted by molar-refractivity contribution is 5.97. The lowest BCUT2D eigenvalue weighted by Gasteiger charge is -2.07. The van der Waals surface area contributed by atoms with Crippen LogP contribution in [0.4, 0.5) is 0 Å². The smallest absolute Gasteiger partial charge is 0.339 e. The molecule has 0 saturated carbocycles. The molecule has 5 nitrogen and oxygen atoms in total. The Kier molecular flexibility index (Phi) is 3.50. The number of hydrogen-bond acceptors (Lipinski definition) is 4. The fraction of sp³-hybridized carbons (Fsp3) is 0.273. The summed E-state index contributed by atoms with van der Waals surface area (Å²) in [5.74, 6) is -2.25. The lowest BCUT2D eigenvalue weighted by atomic mass is 10.0. The minimum Gasteiger partial charge on any atom is -0.507 e. The van der Waals surface area contributed by atoms with Crippen molar-refractivity contribution in [1.29, 1.82) is 0 Å². The molecule has 0 atom stereocenters. The number of rotatable bonds is 3. The van der Waals surface area contributed by atoms with Gasteiger partial charge in [-0.2, -0.15) is 0 Å². The highest BCUT2D eigenvalue weighted by Gasteiger charge is 2.17. The average molecular weight is 224 g/mol. The van der Waals surface area contributed by atoms with Gasteiger partial charge in [-0.3, -0.25) is 0 Å². The number of carbonyl (C=O) groups is 2. The SMILES string of the molecule is CCOC(=O)c1cc(C(=O)O)c(O)cc1C. The molecule has 0 heterocycles. The van der Waals surface area contributed by atoms with E-state index in [0.29, 0.717) is 5.56 Å². The second-order valence-corrected chi connectivity index (χ2v) is 3.21. The summed E-state index contributed by atoms with van der Waals surface area (Å²) in [6, 6.07) is 2.35. The van der Waals surface area contributed by atoms with Crippen molar-refractivity contribution in [2.24, 2.45) is 0 Å². The molecular weight excluding hydrogens is 212 g/mol. The van der Waals surface area contributed by atoms with E-state index < -0.39 is 11.9 Å². The van der Waals surface area contributed by atoms with Crippen LogP contribution in [0.15, 0.2) is 12.1 Å². The Bertz CT molecular complexity index is 436. The maximum absolute atomic E-state index is 11.5. The highest BCUT2D eigenvalue weighted by Crippen LogP contribution is 2.22. The maximum atomic E-state index is 11.5. The number of benzene rings is 1. The molecule has 0 aliphatic heterocycles. The van der Waals surface area contributed by atoms with E-state index in [1.165, 1.54) is 6.07 Å². The number of carboxylic acids is 1. The van der Waals surface area contributed by atoms with Crippen molar-refractivity contribution in [1.82, 2.24) is 0 Å². The minimum atomic E-state index is -1.29. The number of ether oxygens (including phenoxy) is 1. The first-order valence-electron chi connectivity index (χ1n) is 4.71. The molecule has 0 bridgehead atoms. The third-order valence-electron chi connectivity index (χ3n) is 2.07. The second kappa shape index (κ2) is 4.65. The summed E-state index contributed by atoms with van der Waals surface area (Å²) >= 11 is 0. The zero-order valence-corrected chi connectivity index (χ0v) is 8.98. The predicted octanol–water partition coefficient (Wildman–Crippen LogP) is 1.58. The standard InChI is InChI=1S/C11H12O5/c1-3-16-11(15)7-5-8(10(13)14)9(12)4-6(7)2/h4-5,12H,3H2,1-2H3,(H,13,14). The van der Waals surface area contributed by atoms with Gasteiger partial charge in [0.05, 0.1) is 12.2 Å². The van der Waals surface area contributed by atoms with Crippen LogP contribution in [-0.4, -0.2) is 28.8 Å². The number of hydrogen-bond donors (Lipinski definition) is 2. The second-order valence-electron chi connectivity index (χ2n) is 3.21. The first-order valence-corrected chi connectivity index (χ1v) is 4.71. The monoisotopic (exact) mass is 224 g/mol. The van der Waals surface area contributed by atoms with Crippen molar-refractivity contribution in [2.45, 2.75) is 13.8 Å². The largest absolute Gasteiger partial charge is 0.507 e. The quantitative estimate of drug-likeness (QED) is 0.761.